The molecule has 0 unspecified atom stereocenters. The molecule has 0 aromatic heterocycles. The third kappa shape index (κ3) is 7.36. The average molecular weight is 532 g/mol. The molecule has 10 heteroatoms. The van der Waals surface area contributed by atoms with E-state index in [0.29, 0.717) is 21.7 Å². The second-order valence-corrected chi connectivity index (χ2v) is 10.8. The third-order valence-electron chi connectivity index (χ3n) is 5.60. The van der Waals surface area contributed by atoms with Gasteiger partial charge in [0.05, 0.1) is 12.8 Å². The topological polar surface area (TPSA) is 86.8 Å². The fourth-order valence-electron chi connectivity index (χ4n) is 3.54. The Hall–Kier alpha value is -3.27. The molecule has 7 nitrogen and oxygen atoms in total. The van der Waals surface area contributed by atoms with Gasteiger partial charge in [0.2, 0.25) is 21.8 Å². The molecule has 0 fully saturated rings. The second-order valence-electron chi connectivity index (χ2n) is 8.29. The standard InChI is InChI=1S/C26H27ClFN3O4S/c1-30(36(2,34)35)18-24(32)31(17-19-12-14-22(28)15-13-19)25(20-8-4-3-5-9-20)26(33)29-16-21-10-6-7-11-23(21)27/h3-15,25H,16-18H2,1-2H3,(H,29,33)/t25-/m1/s1. The van der Waals surface area contributed by atoms with E-state index in [2.05, 4.69) is 5.32 Å². The van der Waals surface area contributed by atoms with E-state index in [4.69, 9.17) is 11.6 Å². The number of sulfonamides is 1. The lowest BCUT2D eigenvalue weighted by Gasteiger charge is -2.32. The summed E-state index contributed by atoms with van der Waals surface area (Å²) >= 11 is 6.23. The van der Waals surface area contributed by atoms with Crippen LogP contribution in [0.25, 0.3) is 0 Å². The fourth-order valence-corrected chi connectivity index (χ4v) is 4.08. The number of carbonyl (C=O) groups is 2. The smallest absolute Gasteiger partial charge is 0.247 e. The first kappa shape index (κ1) is 27.3. The van der Waals surface area contributed by atoms with Gasteiger partial charge in [0.25, 0.3) is 0 Å². The highest BCUT2D eigenvalue weighted by Crippen LogP contribution is 2.25. The van der Waals surface area contributed by atoms with Crippen LogP contribution in [0.1, 0.15) is 22.7 Å². The van der Waals surface area contributed by atoms with Gasteiger partial charge in [-0.15, -0.1) is 0 Å². The zero-order chi connectivity index (χ0) is 26.3. The Bertz CT molecular complexity index is 1300. The number of amides is 2. The first-order chi connectivity index (χ1) is 17.1. The van der Waals surface area contributed by atoms with Crippen molar-refractivity contribution >= 4 is 33.4 Å². The minimum atomic E-state index is -3.65. The van der Waals surface area contributed by atoms with Crippen LogP contribution in [0.2, 0.25) is 5.02 Å². The van der Waals surface area contributed by atoms with Crippen molar-refractivity contribution in [3.63, 3.8) is 0 Å². The Labute approximate surface area is 215 Å². The lowest BCUT2D eigenvalue weighted by atomic mass is 10.0. The van der Waals surface area contributed by atoms with Gasteiger partial charge in [-0.25, -0.2) is 12.8 Å². The Kier molecular flexibility index (Phi) is 9.19. The summed E-state index contributed by atoms with van der Waals surface area (Å²) in [6.07, 6.45) is 0.996. The summed E-state index contributed by atoms with van der Waals surface area (Å²) in [7, 11) is -2.36. The number of likely N-dealkylation sites (N-methyl/N-ethyl adjacent to an activating group) is 1. The van der Waals surface area contributed by atoms with Crippen molar-refractivity contribution in [3.05, 3.63) is 106 Å². The van der Waals surface area contributed by atoms with Crippen molar-refractivity contribution in [2.45, 2.75) is 19.1 Å². The van der Waals surface area contributed by atoms with E-state index >= 15 is 0 Å². The van der Waals surface area contributed by atoms with Crippen molar-refractivity contribution in [1.29, 1.82) is 0 Å². The first-order valence-electron chi connectivity index (χ1n) is 11.1. The monoisotopic (exact) mass is 531 g/mol. The zero-order valence-corrected chi connectivity index (χ0v) is 21.5. The van der Waals surface area contributed by atoms with Crippen molar-refractivity contribution < 1.29 is 22.4 Å². The number of benzene rings is 3. The molecule has 3 aromatic rings. The molecule has 3 aromatic carbocycles. The summed E-state index contributed by atoms with van der Waals surface area (Å²) in [6, 6.07) is 20.2. The summed E-state index contributed by atoms with van der Waals surface area (Å²) in [5.74, 6) is -1.50. The normalized spacial score (nSPS) is 12.2. The number of hydrogen-bond donors (Lipinski definition) is 1. The molecule has 0 saturated heterocycles. The fraction of sp³-hybridized carbons (Fsp3) is 0.231. The highest BCUT2D eigenvalue weighted by molar-refractivity contribution is 7.88. The lowest BCUT2D eigenvalue weighted by molar-refractivity contribution is -0.141. The van der Waals surface area contributed by atoms with Gasteiger partial charge in [-0.05, 0) is 34.9 Å². The number of nitrogens with zero attached hydrogens (tertiary/aromatic N) is 2. The molecule has 190 valence electrons. The maximum atomic E-state index is 13.6. The second kappa shape index (κ2) is 12.1. The van der Waals surface area contributed by atoms with E-state index in [1.807, 2.05) is 0 Å². The molecule has 0 spiro atoms. The van der Waals surface area contributed by atoms with Gasteiger partial charge in [-0.2, -0.15) is 4.31 Å². The molecule has 36 heavy (non-hydrogen) atoms. The number of halogens is 2. The molecule has 0 aliphatic rings. The van der Waals surface area contributed by atoms with E-state index in [-0.39, 0.29) is 13.1 Å². The Morgan fingerprint density at radius 1 is 0.972 bits per heavy atom. The van der Waals surface area contributed by atoms with Gasteiger partial charge in [-0.1, -0.05) is 72.3 Å². The Balaban J connectivity index is 1.98. The quantitative estimate of drug-likeness (QED) is 0.431. The predicted molar refractivity (Wildman–Crippen MR) is 137 cm³/mol. The van der Waals surface area contributed by atoms with Crippen LogP contribution >= 0.6 is 11.6 Å². The number of hydrogen-bond acceptors (Lipinski definition) is 4. The van der Waals surface area contributed by atoms with E-state index in [9.17, 15) is 22.4 Å². The number of carbonyl (C=O) groups excluding carboxylic acids is 2. The lowest BCUT2D eigenvalue weighted by Crippen LogP contribution is -2.47. The first-order valence-corrected chi connectivity index (χ1v) is 13.3. The molecule has 1 N–H and O–H groups in total. The van der Waals surface area contributed by atoms with Crippen LogP contribution in [0, 0.1) is 5.82 Å². The van der Waals surface area contributed by atoms with Crippen molar-refractivity contribution in [1.82, 2.24) is 14.5 Å². The molecule has 0 radical (unpaired) electrons. The van der Waals surface area contributed by atoms with Crippen molar-refractivity contribution in [2.75, 3.05) is 19.8 Å². The highest BCUT2D eigenvalue weighted by Gasteiger charge is 2.33. The van der Waals surface area contributed by atoms with Gasteiger partial charge < -0.3 is 10.2 Å². The van der Waals surface area contributed by atoms with E-state index in [0.717, 1.165) is 10.6 Å². The van der Waals surface area contributed by atoms with Crippen LogP contribution in [0.3, 0.4) is 0 Å². The highest BCUT2D eigenvalue weighted by atomic mass is 35.5. The molecule has 0 bridgehead atoms. The molecular formula is C26H27ClFN3O4S. The molecular weight excluding hydrogens is 505 g/mol. The van der Waals surface area contributed by atoms with E-state index < -0.39 is 40.2 Å². The van der Waals surface area contributed by atoms with Crippen molar-refractivity contribution in [2.24, 2.45) is 0 Å². The zero-order valence-electron chi connectivity index (χ0n) is 19.9. The van der Waals surface area contributed by atoms with E-state index in [1.54, 1.807) is 54.6 Å². The minimum absolute atomic E-state index is 0.0458. The maximum absolute atomic E-state index is 13.6. The van der Waals surface area contributed by atoms with Gasteiger partial charge in [-0.3, -0.25) is 9.59 Å². The summed E-state index contributed by atoms with van der Waals surface area (Å²) in [5.41, 5.74) is 1.81. The number of nitrogens with one attached hydrogen (secondary N) is 1. The average Bonchev–Trinajstić information content (AvgIpc) is 2.84. The molecule has 0 aliphatic heterocycles. The van der Waals surface area contributed by atoms with Gasteiger partial charge in [0.15, 0.2) is 0 Å². The van der Waals surface area contributed by atoms with Crippen LogP contribution < -0.4 is 5.32 Å². The van der Waals surface area contributed by atoms with Crippen LogP contribution in [0.15, 0.2) is 78.9 Å². The van der Waals surface area contributed by atoms with Crippen LogP contribution in [0.5, 0.6) is 0 Å². The molecule has 3 rings (SSSR count). The Morgan fingerprint density at radius 3 is 2.19 bits per heavy atom. The summed E-state index contributed by atoms with van der Waals surface area (Å²) in [4.78, 5) is 28.3. The molecule has 1 atom stereocenters. The van der Waals surface area contributed by atoms with E-state index in [1.165, 1.54) is 36.2 Å². The van der Waals surface area contributed by atoms with Crippen LogP contribution in [-0.4, -0.2) is 49.3 Å². The van der Waals surface area contributed by atoms with Crippen LogP contribution in [-0.2, 0) is 32.7 Å². The van der Waals surface area contributed by atoms with Gasteiger partial charge in [0.1, 0.15) is 11.9 Å². The van der Waals surface area contributed by atoms with Gasteiger partial charge >= 0.3 is 0 Å². The molecule has 0 aliphatic carbocycles. The van der Waals surface area contributed by atoms with Crippen LogP contribution in [0.4, 0.5) is 4.39 Å². The molecule has 0 saturated carbocycles. The predicted octanol–water partition coefficient (Wildman–Crippen LogP) is 3.76. The number of rotatable bonds is 10. The summed E-state index contributed by atoms with van der Waals surface area (Å²) in [5, 5.41) is 3.33. The largest absolute Gasteiger partial charge is 0.350 e. The maximum Gasteiger partial charge on any atom is 0.247 e. The van der Waals surface area contributed by atoms with Gasteiger partial charge in [0, 0.05) is 25.2 Å². The van der Waals surface area contributed by atoms with Crippen molar-refractivity contribution in [3.8, 4) is 0 Å². The molecule has 0 heterocycles. The summed E-state index contributed by atoms with van der Waals surface area (Å²) in [6.45, 7) is -0.388. The SMILES string of the molecule is CN(CC(=O)N(Cc1ccc(F)cc1)[C@@H](C(=O)NCc1ccccc1Cl)c1ccccc1)S(C)(=O)=O. The molecule has 2 amide bonds. The summed E-state index contributed by atoms with van der Waals surface area (Å²) < 4.78 is 38.4. The minimum Gasteiger partial charge on any atom is -0.350 e. The Morgan fingerprint density at radius 2 is 1.58 bits per heavy atom. The third-order valence-corrected chi connectivity index (χ3v) is 7.23.